The summed E-state index contributed by atoms with van der Waals surface area (Å²) < 4.78 is 11.5. The number of carboxylic acid groups (broad SMARTS) is 1. The van der Waals surface area contributed by atoms with E-state index in [0.29, 0.717) is 19.8 Å². The number of carbonyl (C=O) groups is 1. The van der Waals surface area contributed by atoms with E-state index < -0.39 is 5.97 Å². The number of aliphatic carboxylic acids is 1. The molecule has 1 N–H and O–H groups in total. The molecule has 6 heteroatoms. The number of ether oxygens (including phenoxy) is 2. The van der Waals surface area contributed by atoms with Crippen LogP contribution in [0, 0.1) is 6.92 Å². The van der Waals surface area contributed by atoms with Crippen LogP contribution in [0.4, 0.5) is 0 Å². The van der Waals surface area contributed by atoms with Gasteiger partial charge in [-0.3, -0.25) is 14.6 Å². The lowest BCUT2D eigenvalue weighted by atomic mass is 10.2. The van der Waals surface area contributed by atoms with Crippen LogP contribution in [0.25, 0.3) is 0 Å². The van der Waals surface area contributed by atoms with E-state index >= 15 is 0 Å². The predicted octanol–water partition coefficient (Wildman–Crippen LogP) is 1.09. The molecule has 6 nitrogen and oxygen atoms in total. The van der Waals surface area contributed by atoms with Crippen LogP contribution in [0.3, 0.4) is 0 Å². The molecule has 1 atom stereocenters. The van der Waals surface area contributed by atoms with E-state index in [1.807, 2.05) is 31.2 Å². The van der Waals surface area contributed by atoms with Gasteiger partial charge in [0.25, 0.3) is 0 Å². The van der Waals surface area contributed by atoms with Crippen molar-refractivity contribution in [1.29, 1.82) is 0 Å². The molecular weight excluding hydrogens is 296 g/mol. The molecule has 0 bridgehead atoms. The maximum absolute atomic E-state index is 10.7. The maximum Gasteiger partial charge on any atom is 0.317 e. The summed E-state index contributed by atoms with van der Waals surface area (Å²) in [6.07, 6.45) is 0.0482. The first-order valence-electron chi connectivity index (χ1n) is 7.96. The highest BCUT2D eigenvalue weighted by atomic mass is 16.5. The third-order valence-corrected chi connectivity index (χ3v) is 3.81. The topological polar surface area (TPSA) is 62.2 Å². The molecule has 0 aliphatic carbocycles. The molecule has 23 heavy (non-hydrogen) atoms. The fourth-order valence-corrected chi connectivity index (χ4v) is 2.73. The second-order valence-electron chi connectivity index (χ2n) is 6.05. The molecule has 128 valence electrons. The quantitative estimate of drug-likeness (QED) is 0.773. The van der Waals surface area contributed by atoms with Gasteiger partial charge in [0.15, 0.2) is 0 Å². The molecule has 1 unspecified atom stereocenters. The Labute approximate surface area is 137 Å². The predicted molar refractivity (Wildman–Crippen MR) is 88.0 cm³/mol. The van der Waals surface area contributed by atoms with Crippen LogP contribution in [0.2, 0.25) is 0 Å². The van der Waals surface area contributed by atoms with Crippen molar-refractivity contribution in [2.24, 2.45) is 0 Å². The number of aryl methyl sites for hydroxylation is 1. The van der Waals surface area contributed by atoms with Gasteiger partial charge < -0.3 is 14.6 Å². The summed E-state index contributed by atoms with van der Waals surface area (Å²) in [5, 5.41) is 8.80. The van der Waals surface area contributed by atoms with E-state index in [0.717, 1.165) is 25.4 Å². The molecule has 0 spiro atoms. The molecule has 1 aromatic rings. The van der Waals surface area contributed by atoms with Crippen molar-refractivity contribution in [2.75, 3.05) is 53.0 Å². The van der Waals surface area contributed by atoms with Crippen LogP contribution in [0.5, 0.6) is 5.75 Å². The third-order valence-electron chi connectivity index (χ3n) is 3.81. The summed E-state index contributed by atoms with van der Waals surface area (Å²) in [4.78, 5) is 14.8. The Morgan fingerprint density at radius 1 is 1.52 bits per heavy atom. The lowest BCUT2D eigenvalue weighted by Gasteiger charge is -2.34. The van der Waals surface area contributed by atoms with Crippen molar-refractivity contribution in [3.05, 3.63) is 29.8 Å². The van der Waals surface area contributed by atoms with Crippen molar-refractivity contribution in [3.63, 3.8) is 0 Å². The number of hydrogen-bond donors (Lipinski definition) is 1. The van der Waals surface area contributed by atoms with Crippen molar-refractivity contribution >= 4 is 5.97 Å². The summed E-state index contributed by atoms with van der Waals surface area (Å²) in [6.45, 7) is 6.57. The zero-order valence-electron chi connectivity index (χ0n) is 13.9. The molecule has 0 amide bonds. The lowest BCUT2D eigenvalue weighted by molar-refractivity contribution is -0.138. The van der Waals surface area contributed by atoms with Gasteiger partial charge in [0.1, 0.15) is 12.4 Å². The van der Waals surface area contributed by atoms with Gasteiger partial charge in [-0.25, -0.2) is 0 Å². The van der Waals surface area contributed by atoms with E-state index in [9.17, 15) is 4.79 Å². The second kappa shape index (κ2) is 8.86. The van der Waals surface area contributed by atoms with Crippen LogP contribution >= 0.6 is 0 Å². The number of carboxylic acids is 1. The van der Waals surface area contributed by atoms with Gasteiger partial charge in [-0.2, -0.15) is 0 Å². The Hall–Kier alpha value is -1.63. The minimum absolute atomic E-state index is 0.0380. The number of hydrogen-bond acceptors (Lipinski definition) is 5. The first kappa shape index (κ1) is 17.7. The molecule has 1 aromatic carbocycles. The van der Waals surface area contributed by atoms with Gasteiger partial charge in [-0.05, 0) is 31.7 Å². The highest BCUT2D eigenvalue weighted by molar-refractivity contribution is 5.69. The Morgan fingerprint density at radius 3 is 3.09 bits per heavy atom. The normalized spacial score (nSPS) is 19.0. The molecule has 1 saturated heterocycles. The molecule has 1 aliphatic rings. The number of likely N-dealkylation sites (N-methyl/N-ethyl adjacent to an activating group) is 1. The van der Waals surface area contributed by atoms with E-state index in [4.69, 9.17) is 14.6 Å². The van der Waals surface area contributed by atoms with Gasteiger partial charge in [-0.15, -0.1) is 0 Å². The summed E-state index contributed by atoms with van der Waals surface area (Å²) in [5.74, 6) is 0.0859. The van der Waals surface area contributed by atoms with E-state index in [2.05, 4.69) is 4.90 Å². The fraction of sp³-hybridized carbons (Fsp3) is 0.588. The second-order valence-corrected chi connectivity index (χ2v) is 6.05. The average molecular weight is 322 g/mol. The van der Waals surface area contributed by atoms with Crippen LogP contribution in [-0.4, -0.2) is 80.0 Å². The average Bonchev–Trinajstić information content (AvgIpc) is 2.46. The van der Waals surface area contributed by atoms with Gasteiger partial charge in [0.2, 0.25) is 0 Å². The SMILES string of the molecule is Cc1cccc(OCCN2CCOC(CN(C)CC(=O)O)C2)c1. The van der Waals surface area contributed by atoms with Gasteiger partial charge in [-0.1, -0.05) is 12.1 Å². The summed E-state index contributed by atoms with van der Waals surface area (Å²) >= 11 is 0. The molecule has 1 fully saturated rings. The first-order valence-corrected chi connectivity index (χ1v) is 7.96. The van der Waals surface area contributed by atoms with Crippen LogP contribution in [0.15, 0.2) is 24.3 Å². The van der Waals surface area contributed by atoms with Crippen molar-refractivity contribution in [3.8, 4) is 5.75 Å². The lowest BCUT2D eigenvalue weighted by Crippen LogP contribution is -2.48. The largest absolute Gasteiger partial charge is 0.492 e. The van der Waals surface area contributed by atoms with E-state index in [1.54, 1.807) is 11.9 Å². The number of rotatable bonds is 8. The number of benzene rings is 1. The smallest absolute Gasteiger partial charge is 0.317 e. The van der Waals surface area contributed by atoms with Gasteiger partial charge >= 0.3 is 5.97 Å². The molecule has 0 aromatic heterocycles. The highest BCUT2D eigenvalue weighted by Gasteiger charge is 2.22. The van der Waals surface area contributed by atoms with Crippen LogP contribution < -0.4 is 4.74 Å². The number of morpholine rings is 1. The Kier molecular flexibility index (Phi) is 6.83. The van der Waals surface area contributed by atoms with Gasteiger partial charge in [0.05, 0.1) is 19.3 Å². The molecular formula is C17H26N2O4. The Balaban J connectivity index is 1.70. The third kappa shape index (κ3) is 6.56. The summed E-state index contributed by atoms with van der Waals surface area (Å²) in [5.41, 5.74) is 1.19. The van der Waals surface area contributed by atoms with E-state index in [1.165, 1.54) is 5.56 Å². The zero-order chi connectivity index (χ0) is 16.7. The summed E-state index contributed by atoms with van der Waals surface area (Å²) in [6, 6.07) is 8.04. The molecule has 1 heterocycles. The van der Waals surface area contributed by atoms with Crippen molar-refractivity contribution in [2.45, 2.75) is 13.0 Å². The Morgan fingerprint density at radius 2 is 2.35 bits per heavy atom. The number of nitrogens with zero attached hydrogens (tertiary/aromatic N) is 2. The highest BCUT2D eigenvalue weighted by Crippen LogP contribution is 2.12. The molecule has 1 aliphatic heterocycles. The molecule has 2 rings (SSSR count). The minimum Gasteiger partial charge on any atom is -0.492 e. The van der Waals surface area contributed by atoms with Crippen molar-refractivity contribution < 1.29 is 19.4 Å². The fourth-order valence-electron chi connectivity index (χ4n) is 2.73. The molecule has 0 saturated carbocycles. The maximum atomic E-state index is 10.7. The van der Waals surface area contributed by atoms with E-state index in [-0.39, 0.29) is 12.6 Å². The van der Waals surface area contributed by atoms with Crippen LogP contribution in [-0.2, 0) is 9.53 Å². The Bertz CT molecular complexity index is 509. The van der Waals surface area contributed by atoms with Gasteiger partial charge in [0, 0.05) is 26.2 Å². The van der Waals surface area contributed by atoms with Crippen molar-refractivity contribution in [1.82, 2.24) is 9.80 Å². The molecule has 0 radical (unpaired) electrons. The standard InChI is InChI=1S/C17H26N2O4/c1-14-4-3-5-15(10-14)22-8-6-19-7-9-23-16(12-19)11-18(2)13-17(20)21/h3-5,10,16H,6-9,11-13H2,1-2H3,(H,20,21). The zero-order valence-corrected chi connectivity index (χ0v) is 13.9. The first-order chi connectivity index (χ1) is 11.0. The van der Waals surface area contributed by atoms with Crippen LogP contribution in [0.1, 0.15) is 5.56 Å². The minimum atomic E-state index is -0.813. The summed E-state index contributed by atoms with van der Waals surface area (Å²) in [7, 11) is 1.80. The monoisotopic (exact) mass is 322 g/mol.